The molecule has 0 aromatic carbocycles. The van der Waals surface area contributed by atoms with Gasteiger partial charge in [0.05, 0.1) is 0 Å². The molecule has 0 unspecified atom stereocenters. The lowest BCUT2D eigenvalue weighted by Gasteiger charge is -2.17. The maximum absolute atomic E-state index is 5.47. The number of unbranched alkanes of at least 4 members (excludes halogenated alkanes) is 2. The van der Waals surface area contributed by atoms with Gasteiger partial charge in [-0.05, 0) is 63.5 Å². The van der Waals surface area contributed by atoms with Crippen LogP contribution in [0.15, 0.2) is 0 Å². The highest BCUT2D eigenvalue weighted by molar-refractivity contribution is 4.96. The summed E-state index contributed by atoms with van der Waals surface area (Å²) < 4.78 is 0. The molecule has 0 amide bonds. The molecule has 2 saturated carbocycles. The largest absolute Gasteiger partial charge is 0.330 e. The molecule has 0 atom stereocenters. The predicted octanol–water partition coefficient (Wildman–Crippen LogP) is 1.89. The first kappa shape index (κ1) is 10.4. The Labute approximate surface area is 87.6 Å². The minimum Gasteiger partial charge on any atom is -0.330 e. The topological polar surface area (TPSA) is 38.0 Å². The van der Waals surface area contributed by atoms with Gasteiger partial charge < -0.3 is 11.1 Å². The zero-order valence-corrected chi connectivity index (χ0v) is 9.17. The highest BCUT2D eigenvalue weighted by Gasteiger charge is 2.40. The van der Waals surface area contributed by atoms with E-state index in [4.69, 9.17) is 5.73 Å². The van der Waals surface area contributed by atoms with Crippen LogP contribution in [0.1, 0.15) is 44.9 Å². The molecule has 2 rings (SSSR count). The Kier molecular flexibility index (Phi) is 3.82. The van der Waals surface area contributed by atoms with Crippen LogP contribution in [0.4, 0.5) is 0 Å². The lowest BCUT2D eigenvalue weighted by atomic mass is 10.1. The maximum atomic E-state index is 5.47. The monoisotopic (exact) mass is 196 g/mol. The molecular weight excluding hydrogens is 172 g/mol. The fraction of sp³-hybridized carbons (Fsp3) is 1.00. The normalized spacial score (nSPS) is 21.9. The summed E-state index contributed by atoms with van der Waals surface area (Å²) in [4.78, 5) is 0. The number of hydrogen-bond acceptors (Lipinski definition) is 2. The average Bonchev–Trinajstić information content (AvgIpc) is 3.03. The third-order valence-electron chi connectivity index (χ3n) is 3.52. The van der Waals surface area contributed by atoms with Gasteiger partial charge in [-0.3, -0.25) is 0 Å². The summed E-state index contributed by atoms with van der Waals surface area (Å²) in [5, 5.41) is 3.76. The fourth-order valence-electron chi connectivity index (χ4n) is 2.34. The zero-order valence-electron chi connectivity index (χ0n) is 9.17. The summed E-state index contributed by atoms with van der Waals surface area (Å²) in [6, 6.07) is 0.882. The van der Waals surface area contributed by atoms with Gasteiger partial charge in [0.15, 0.2) is 0 Å². The minimum atomic E-state index is 0.856. The second-order valence-electron chi connectivity index (χ2n) is 5.00. The number of nitrogens with two attached hydrogens (primary N) is 1. The summed E-state index contributed by atoms with van der Waals surface area (Å²) in [7, 11) is 0. The molecule has 2 aliphatic rings. The molecule has 0 spiro atoms. The van der Waals surface area contributed by atoms with E-state index >= 15 is 0 Å². The molecule has 0 radical (unpaired) electrons. The molecule has 2 heteroatoms. The molecular formula is C12H24N2. The van der Waals surface area contributed by atoms with E-state index in [2.05, 4.69) is 5.32 Å². The first-order valence-electron chi connectivity index (χ1n) is 6.35. The molecule has 0 aliphatic heterocycles. The Bertz CT molecular complexity index is 150. The molecule has 2 nitrogen and oxygen atoms in total. The standard InChI is InChI=1S/C12H24N2/c13-8-2-1-3-9-14-12(10-4-5-10)11-6-7-11/h10-12,14H,1-9,13H2. The van der Waals surface area contributed by atoms with Crippen molar-refractivity contribution in [3.8, 4) is 0 Å². The van der Waals surface area contributed by atoms with Crippen molar-refractivity contribution < 1.29 is 0 Å². The van der Waals surface area contributed by atoms with Crippen LogP contribution >= 0.6 is 0 Å². The van der Waals surface area contributed by atoms with Gasteiger partial charge in [-0.15, -0.1) is 0 Å². The fourth-order valence-corrected chi connectivity index (χ4v) is 2.34. The summed E-state index contributed by atoms with van der Waals surface area (Å²) in [6.45, 7) is 2.08. The highest BCUT2D eigenvalue weighted by Crippen LogP contribution is 2.44. The van der Waals surface area contributed by atoms with Gasteiger partial charge in [-0.25, -0.2) is 0 Å². The predicted molar refractivity (Wildman–Crippen MR) is 60.1 cm³/mol. The van der Waals surface area contributed by atoms with Crippen LogP contribution in [0.2, 0.25) is 0 Å². The summed E-state index contributed by atoms with van der Waals surface area (Å²) in [6.07, 6.45) is 9.74. The molecule has 3 N–H and O–H groups in total. The van der Waals surface area contributed by atoms with E-state index in [1.165, 1.54) is 51.5 Å². The molecule has 0 aromatic rings. The van der Waals surface area contributed by atoms with Crippen LogP contribution < -0.4 is 11.1 Å². The molecule has 0 bridgehead atoms. The van der Waals surface area contributed by atoms with Gasteiger partial charge in [0.1, 0.15) is 0 Å². The van der Waals surface area contributed by atoms with Crippen LogP contribution in [0.5, 0.6) is 0 Å². The van der Waals surface area contributed by atoms with Crippen molar-refractivity contribution in [2.24, 2.45) is 17.6 Å². The van der Waals surface area contributed by atoms with E-state index in [1.807, 2.05) is 0 Å². The van der Waals surface area contributed by atoms with Gasteiger partial charge in [0.2, 0.25) is 0 Å². The Morgan fingerprint density at radius 3 is 2.14 bits per heavy atom. The Hall–Kier alpha value is -0.0800. The Morgan fingerprint density at radius 2 is 1.64 bits per heavy atom. The Balaban J connectivity index is 1.53. The lowest BCUT2D eigenvalue weighted by molar-refractivity contribution is 0.410. The zero-order chi connectivity index (χ0) is 9.80. The van der Waals surface area contributed by atoms with Crippen molar-refractivity contribution in [1.82, 2.24) is 5.32 Å². The molecule has 2 fully saturated rings. The molecule has 0 saturated heterocycles. The van der Waals surface area contributed by atoms with E-state index in [9.17, 15) is 0 Å². The quantitative estimate of drug-likeness (QED) is 0.582. The van der Waals surface area contributed by atoms with E-state index in [0.29, 0.717) is 0 Å². The van der Waals surface area contributed by atoms with Crippen molar-refractivity contribution >= 4 is 0 Å². The molecule has 0 heterocycles. The lowest BCUT2D eigenvalue weighted by Crippen LogP contribution is -2.33. The first-order valence-corrected chi connectivity index (χ1v) is 6.35. The second kappa shape index (κ2) is 5.13. The highest BCUT2D eigenvalue weighted by atomic mass is 14.9. The van der Waals surface area contributed by atoms with Gasteiger partial charge in [0.25, 0.3) is 0 Å². The molecule has 14 heavy (non-hydrogen) atoms. The van der Waals surface area contributed by atoms with E-state index in [0.717, 1.165) is 24.4 Å². The number of nitrogens with one attached hydrogen (secondary N) is 1. The van der Waals surface area contributed by atoms with Gasteiger partial charge in [-0.2, -0.15) is 0 Å². The smallest absolute Gasteiger partial charge is 0.0124 e. The first-order chi connectivity index (χ1) is 6.92. The van der Waals surface area contributed by atoms with Crippen LogP contribution in [0.25, 0.3) is 0 Å². The second-order valence-corrected chi connectivity index (χ2v) is 5.00. The van der Waals surface area contributed by atoms with E-state index in [-0.39, 0.29) is 0 Å². The van der Waals surface area contributed by atoms with Crippen LogP contribution in [-0.4, -0.2) is 19.1 Å². The molecule has 82 valence electrons. The SMILES string of the molecule is NCCCCCNC(C1CC1)C1CC1. The number of hydrogen-bond donors (Lipinski definition) is 2. The van der Waals surface area contributed by atoms with Crippen LogP contribution in [-0.2, 0) is 0 Å². The molecule has 2 aliphatic carbocycles. The van der Waals surface area contributed by atoms with Crippen LogP contribution in [0.3, 0.4) is 0 Å². The van der Waals surface area contributed by atoms with Gasteiger partial charge in [0, 0.05) is 6.04 Å². The van der Waals surface area contributed by atoms with Crippen molar-refractivity contribution in [2.45, 2.75) is 51.0 Å². The summed E-state index contributed by atoms with van der Waals surface area (Å²) in [5.41, 5.74) is 5.47. The van der Waals surface area contributed by atoms with Crippen molar-refractivity contribution in [1.29, 1.82) is 0 Å². The minimum absolute atomic E-state index is 0.856. The summed E-state index contributed by atoms with van der Waals surface area (Å²) in [5.74, 6) is 2.08. The Morgan fingerprint density at radius 1 is 1.00 bits per heavy atom. The van der Waals surface area contributed by atoms with E-state index < -0.39 is 0 Å². The van der Waals surface area contributed by atoms with Crippen molar-refractivity contribution in [3.63, 3.8) is 0 Å². The summed E-state index contributed by atoms with van der Waals surface area (Å²) >= 11 is 0. The third kappa shape index (κ3) is 3.25. The van der Waals surface area contributed by atoms with Crippen molar-refractivity contribution in [3.05, 3.63) is 0 Å². The van der Waals surface area contributed by atoms with E-state index in [1.54, 1.807) is 0 Å². The maximum Gasteiger partial charge on any atom is 0.0124 e. The van der Waals surface area contributed by atoms with Gasteiger partial charge in [-0.1, -0.05) is 6.42 Å². The van der Waals surface area contributed by atoms with Crippen molar-refractivity contribution in [2.75, 3.05) is 13.1 Å². The third-order valence-corrected chi connectivity index (χ3v) is 3.52. The van der Waals surface area contributed by atoms with Crippen LogP contribution in [0, 0.1) is 11.8 Å². The molecule has 0 aromatic heterocycles. The number of rotatable bonds is 8. The van der Waals surface area contributed by atoms with Gasteiger partial charge >= 0.3 is 0 Å². The average molecular weight is 196 g/mol.